The van der Waals surface area contributed by atoms with Crippen LogP contribution >= 0.6 is 23.4 Å². The average molecular weight is 240 g/mol. The van der Waals surface area contributed by atoms with Crippen LogP contribution in [0.15, 0.2) is 23.1 Å². The van der Waals surface area contributed by atoms with Gasteiger partial charge in [0.1, 0.15) is 0 Å². The van der Waals surface area contributed by atoms with E-state index < -0.39 is 0 Å². The predicted molar refractivity (Wildman–Crippen MR) is 66.9 cm³/mol. The highest BCUT2D eigenvalue weighted by Crippen LogP contribution is 2.49. The molecule has 1 N–H and O–H groups in total. The molecule has 1 nitrogen and oxygen atoms in total. The van der Waals surface area contributed by atoms with E-state index in [2.05, 4.69) is 11.4 Å². The summed E-state index contributed by atoms with van der Waals surface area (Å²) < 4.78 is 0. The average Bonchev–Trinajstić information content (AvgIpc) is 2.37. The highest BCUT2D eigenvalue weighted by molar-refractivity contribution is 7.99. The second-order valence-corrected chi connectivity index (χ2v) is 6.03. The van der Waals surface area contributed by atoms with Crippen molar-refractivity contribution in [3.63, 3.8) is 0 Å². The number of anilines is 1. The Labute approximate surface area is 99.6 Å². The van der Waals surface area contributed by atoms with Crippen LogP contribution in [0.3, 0.4) is 0 Å². The summed E-state index contributed by atoms with van der Waals surface area (Å²) in [6.45, 7) is 1.09. The normalized spacial score (nSPS) is 22.5. The van der Waals surface area contributed by atoms with Gasteiger partial charge in [-0.2, -0.15) is 0 Å². The third-order valence-corrected chi connectivity index (χ3v) is 5.29. The van der Waals surface area contributed by atoms with Gasteiger partial charge in [0.25, 0.3) is 0 Å². The third-order valence-electron chi connectivity index (χ3n) is 3.56. The zero-order chi connectivity index (χ0) is 10.3. The smallest absolute Gasteiger partial charge is 0.0667 e. The van der Waals surface area contributed by atoms with Crippen molar-refractivity contribution in [2.24, 2.45) is 5.41 Å². The molecule has 1 aliphatic carbocycles. The molecule has 0 radical (unpaired) electrons. The van der Waals surface area contributed by atoms with Gasteiger partial charge in [-0.3, -0.25) is 0 Å². The maximum Gasteiger partial charge on any atom is 0.0667 e. The summed E-state index contributed by atoms with van der Waals surface area (Å²) in [6, 6.07) is 6.16. The Hall–Kier alpha value is -0.340. The highest BCUT2D eigenvalue weighted by atomic mass is 35.5. The van der Waals surface area contributed by atoms with Gasteiger partial charge in [-0.15, -0.1) is 11.8 Å². The minimum Gasteiger partial charge on any atom is -0.382 e. The molecule has 1 aliphatic heterocycles. The molecule has 1 heterocycles. The Balaban J connectivity index is 1.91. The van der Waals surface area contributed by atoms with E-state index in [4.69, 9.17) is 11.6 Å². The molecular weight excluding hydrogens is 226 g/mol. The molecule has 3 rings (SSSR count). The van der Waals surface area contributed by atoms with Crippen LogP contribution in [0.4, 0.5) is 5.69 Å². The Kier molecular flexibility index (Phi) is 2.37. The first-order valence-electron chi connectivity index (χ1n) is 5.44. The molecule has 1 aromatic rings. The second-order valence-electron chi connectivity index (χ2n) is 4.61. The molecule has 3 heteroatoms. The van der Waals surface area contributed by atoms with Gasteiger partial charge in [0.05, 0.1) is 10.7 Å². The Morgan fingerprint density at radius 2 is 2.20 bits per heavy atom. The van der Waals surface area contributed by atoms with Crippen LogP contribution in [-0.2, 0) is 0 Å². The summed E-state index contributed by atoms with van der Waals surface area (Å²) in [5.41, 5.74) is 1.69. The van der Waals surface area contributed by atoms with Crippen LogP contribution in [-0.4, -0.2) is 12.3 Å². The lowest BCUT2D eigenvalue weighted by atomic mass is 9.70. The van der Waals surface area contributed by atoms with Crippen molar-refractivity contribution in [3.05, 3.63) is 23.2 Å². The van der Waals surface area contributed by atoms with Crippen LogP contribution in [0.25, 0.3) is 0 Å². The van der Waals surface area contributed by atoms with E-state index in [1.54, 1.807) is 0 Å². The van der Waals surface area contributed by atoms with Crippen molar-refractivity contribution >= 4 is 29.1 Å². The maximum atomic E-state index is 6.19. The number of rotatable bonds is 0. The molecule has 15 heavy (non-hydrogen) atoms. The summed E-state index contributed by atoms with van der Waals surface area (Å²) in [5.74, 6) is 1.24. The third kappa shape index (κ3) is 1.64. The molecule has 0 bridgehead atoms. The molecule has 80 valence electrons. The van der Waals surface area contributed by atoms with Crippen molar-refractivity contribution in [1.82, 2.24) is 0 Å². The summed E-state index contributed by atoms with van der Waals surface area (Å²) in [5, 5.41) is 4.39. The van der Waals surface area contributed by atoms with Gasteiger partial charge in [0, 0.05) is 17.2 Å². The lowest BCUT2D eigenvalue weighted by Crippen LogP contribution is -2.37. The lowest BCUT2D eigenvalue weighted by Gasteiger charge is -2.40. The number of benzene rings is 1. The fourth-order valence-electron chi connectivity index (χ4n) is 2.35. The first-order valence-corrected chi connectivity index (χ1v) is 6.81. The minimum absolute atomic E-state index is 0.549. The number of fused-ring (bicyclic) bond motifs is 1. The van der Waals surface area contributed by atoms with E-state index in [1.165, 1.54) is 29.9 Å². The quantitative estimate of drug-likeness (QED) is 0.734. The molecule has 2 aliphatic rings. The van der Waals surface area contributed by atoms with Crippen LogP contribution in [0.5, 0.6) is 0 Å². The molecule has 1 fully saturated rings. The monoisotopic (exact) mass is 239 g/mol. The van der Waals surface area contributed by atoms with Crippen molar-refractivity contribution in [2.75, 3.05) is 17.6 Å². The Morgan fingerprint density at radius 1 is 1.33 bits per heavy atom. The summed E-state index contributed by atoms with van der Waals surface area (Å²) in [6.07, 6.45) is 4.14. The second kappa shape index (κ2) is 3.60. The van der Waals surface area contributed by atoms with E-state index in [0.717, 1.165) is 17.3 Å². The van der Waals surface area contributed by atoms with E-state index >= 15 is 0 Å². The van der Waals surface area contributed by atoms with Crippen LogP contribution < -0.4 is 5.32 Å². The van der Waals surface area contributed by atoms with E-state index in [0.29, 0.717) is 5.41 Å². The number of para-hydroxylation sites is 1. The van der Waals surface area contributed by atoms with Crippen LogP contribution in [0, 0.1) is 5.41 Å². The van der Waals surface area contributed by atoms with E-state index in [1.807, 2.05) is 23.9 Å². The van der Waals surface area contributed by atoms with Gasteiger partial charge >= 0.3 is 0 Å². The summed E-state index contributed by atoms with van der Waals surface area (Å²) in [7, 11) is 0. The first-order chi connectivity index (χ1) is 7.29. The fourth-order valence-corrected chi connectivity index (χ4v) is 4.00. The van der Waals surface area contributed by atoms with Gasteiger partial charge in [-0.1, -0.05) is 24.1 Å². The topological polar surface area (TPSA) is 12.0 Å². The Morgan fingerprint density at radius 3 is 2.93 bits per heavy atom. The zero-order valence-electron chi connectivity index (χ0n) is 8.55. The number of hydrogen-bond acceptors (Lipinski definition) is 2. The van der Waals surface area contributed by atoms with Gasteiger partial charge in [-0.25, -0.2) is 0 Å². The molecule has 0 aromatic heterocycles. The molecule has 0 amide bonds. The van der Waals surface area contributed by atoms with Gasteiger partial charge in [0.15, 0.2) is 0 Å². The zero-order valence-corrected chi connectivity index (χ0v) is 10.1. The predicted octanol–water partition coefficient (Wildman–Crippen LogP) is 4.03. The van der Waals surface area contributed by atoms with E-state index in [-0.39, 0.29) is 0 Å². The SMILES string of the molecule is Clc1cccc2c1NCC1(CCC1)CS2. The lowest BCUT2D eigenvalue weighted by molar-refractivity contribution is 0.187. The maximum absolute atomic E-state index is 6.19. The molecule has 1 spiro atoms. The summed E-state index contributed by atoms with van der Waals surface area (Å²) >= 11 is 8.15. The van der Waals surface area contributed by atoms with Gasteiger partial charge in [0.2, 0.25) is 0 Å². The van der Waals surface area contributed by atoms with Crippen molar-refractivity contribution < 1.29 is 0 Å². The standard InChI is InChI=1S/C12H14ClNS/c13-9-3-1-4-10-11(9)14-7-12(8-15-10)5-2-6-12/h1,3-4,14H,2,5-8H2. The molecule has 0 atom stereocenters. The molecular formula is C12H14ClNS. The van der Waals surface area contributed by atoms with Gasteiger partial charge < -0.3 is 5.32 Å². The fraction of sp³-hybridized carbons (Fsp3) is 0.500. The van der Waals surface area contributed by atoms with Crippen LogP contribution in [0.2, 0.25) is 5.02 Å². The largest absolute Gasteiger partial charge is 0.382 e. The van der Waals surface area contributed by atoms with Crippen LogP contribution in [0.1, 0.15) is 19.3 Å². The molecule has 0 unspecified atom stereocenters. The molecule has 0 saturated heterocycles. The first kappa shape index (κ1) is 9.86. The van der Waals surface area contributed by atoms with Crippen molar-refractivity contribution in [1.29, 1.82) is 0 Å². The number of hydrogen-bond donors (Lipinski definition) is 1. The number of nitrogens with one attached hydrogen (secondary N) is 1. The minimum atomic E-state index is 0.549. The van der Waals surface area contributed by atoms with Crippen molar-refractivity contribution in [2.45, 2.75) is 24.2 Å². The number of thioether (sulfide) groups is 1. The summed E-state index contributed by atoms with van der Waals surface area (Å²) in [4.78, 5) is 1.31. The van der Waals surface area contributed by atoms with Crippen molar-refractivity contribution in [3.8, 4) is 0 Å². The molecule has 1 saturated carbocycles. The van der Waals surface area contributed by atoms with Gasteiger partial charge in [-0.05, 0) is 30.4 Å². The highest BCUT2D eigenvalue weighted by Gasteiger charge is 2.38. The van der Waals surface area contributed by atoms with E-state index in [9.17, 15) is 0 Å². The molecule has 1 aromatic carbocycles. The number of halogens is 1. The Bertz CT molecular complexity index is 387.